The van der Waals surface area contributed by atoms with Crippen LogP contribution in [0.1, 0.15) is 18.1 Å². The minimum Gasteiger partial charge on any atom is -0.497 e. The summed E-state index contributed by atoms with van der Waals surface area (Å²) in [5.74, 6) is -0.867. The number of rotatable bonds is 8. The Morgan fingerprint density at radius 1 is 1.00 bits per heavy atom. The zero-order valence-corrected chi connectivity index (χ0v) is 14.4. The summed E-state index contributed by atoms with van der Waals surface area (Å²) in [4.78, 5) is 23.8. The molecule has 0 aromatic heterocycles. The topological polar surface area (TPSA) is 75.6 Å². The molecular weight excluding hydrogens is 318 g/mol. The number of carboxylic acids is 1. The van der Waals surface area contributed by atoms with Gasteiger partial charge in [0.1, 0.15) is 11.8 Å². The van der Waals surface area contributed by atoms with E-state index in [1.165, 1.54) is 0 Å². The van der Waals surface area contributed by atoms with Crippen LogP contribution in [0.4, 0.5) is 0 Å². The van der Waals surface area contributed by atoms with Gasteiger partial charge in [0.2, 0.25) is 5.91 Å². The second-order valence-electron chi connectivity index (χ2n) is 6.04. The van der Waals surface area contributed by atoms with Crippen LogP contribution in [0.3, 0.4) is 0 Å². The van der Waals surface area contributed by atoms with Gasteiger partial charge in [0.05, 0.1) is 7.11 Å². The molecule has 2 N–H and O–H groups in total. The molecule has 0 bridgehead atoms. The summed E-state index contributed by atoms with van der Waals surface area (Å²) in [6.45, 7) is 1.79. The summed E-state index contributed by atoms with van der Waals surface area (Å²) in [7, 11) is 1.60. The van der Waals surface area contributed by atoms with Gasteiger partial charge in [-0.1, -0.05) is 49.4 Å². The van der Waals surface area contributed by atoms with Crippen LogP contribution in [0.2, 0.25) is 0 Å². The monoisotopic (exact) mass is 341 g/mol. The number of hydrogen-bond acceptors (Lipinski definition) is 3. The van der Waals surface area contributed by atoms with Gasteiger partial charge in [-0.25, -0.2) is 4.79 Å². The molecule has 0 spiro atoms. The molecule has 132 valence electrons. The highest BCUT2D eigenvalue weighted by Crippen LogP contribution is 2.15. The van der Waals surface area contributed by atoms with Crippen molar-refractivity contribution in [2.45, 2.75) is 25.8 Å². The first-order valence-electron chi connectivity index (χ1n) is 8.19. The molecule has 2 atom stereocenters. The Morgan fingerprint density at radius 2 is 1.60 bits per heavy atom. The van der Waals surface area contributed by atoms with E-state index in [-0.39, 0.29) is 18.2 Å². The van der Waals surface area contributed by atoms with Crippen molar-refractivity contribution < 1.29 is 19.4 Å². The van der Waals surface area contributed by atoms with Crippen molar-refractivity contribution in [3.05, 3.63) is 65.7 Å². The summed E-state index contributed by atoms with van der Waals surface area (Å²) in [6.07, 6.45) is 0.796. The Kier molecular flexibility index (Phi) is 6.57. The van der Waals surface area contributed by atoms with Crippen LogP contribution in [0.15, 0.2) is 54.6 Å². The standard InChI is InChI=1S/C20H23NO4/c1-14(12-16-8-10-17(25-2)11-9-16)19(22)21-18(20(23)24)13-15-6-4-3-5-7-15/h3-11,14,18H,12-13H2,1-2H3,(H,21,22)(H,23,24)/t14?,18-/m0/s1. The summed E-state index contributed by atoms with van der Waals surface area (Å²) in [5.41, 5.74) is 1.87. The van der Waals surface area contributed by atoms with E-state index in [0.717, 1.165) is 16.9 Å². The smallest absolute Gasteiger partial charge is 0.326 e. The Bertz CT molecular complexity index is 697. The highest BCUT2D eigenvalue weighted by molar-refractivity contribution is 5.85. The maximum atomic E-state index is 12.4. The first kappa shape index (κ1) is 18.5. The largest absolute Gasteiger partial charge is 0.497 e. The highest BCUT2D eigenvalue weighted by atomic mass is 16.5. The van der Waals surface area contributed by atoms with Gasteiger partial charge in [0.15, 0.2) is 0 Å². The van der Waals surface area contributed by atoms with Crippen LogP contribution >= 0.6 is 0 Å². The maximum absolute atomic E-state index is 12.4. The van der Waals surface area contributed by atoms with E-state index >= 15 is 0 Å². The third kappa shape index (κ3) is 5.64. The molecule has 0 radical (unpaired) electrons. The average Bonchev–Trinajstić information content (AvgIpc) is 2.62. The van der Waals surface area contributed by atoms with E-state index in [4.69, 9.17) is 4.74 Å². The number of aliphatic carboxylic acids is 1. The lowest BCUT2D eigenvalue weighted by Crippen LogP contribution is -2.44. The quantitative estimate of drug-likeness (QED) is 0.774. The molecule has 0 aliphatic rings. The minimum absolute atomic E-state index is 0.261. The zero-order chi connectivity index (χ0) is 18.2. The zero-order valence-electron chi connectivity index (χ0n) is 14.4. The molecule has 0 heterocycles. The van der Waals surface area contributed by atoms with Crippen LogP contribution in [0.25, 0.3) is 0 Å². The number of carboxylic acid groups (broad SMARTS) is 1. The van der Waals surface area contributed by atoms with E-state index in [1.807, 2.05) is 54.6 Å². The molecule has 0 aliphatic heterocycles. The number of methoxy groups -OCH3 is 1. The van der Waals surface area contributed by atoms with Crippen LogP contribution in [-0.2, 0) is 22.4 Å². The van der Waals surface area contributed by atoms with E-state index < -0.39 is 12.0 Å². The summed E-state index contributed by atoms with van der Waals surface area (Å²) < 4.78 is 5.11. The van der Waals surface area contributed by atoms with Gasteiger partial charge >= 0.3 is 5.97 Å². The van der Waals surface area contributed by atoms with Gasteiger partial charge in [-0.15, -0.1) is 0 Å². The fraction of sp³-hybridized carbons (Fsp3) is 0.300. The number of benzene rings is 2. The molecule has 5 heteroatoms. The molecule has 0 saturated carbocycles. The first-order valence-corrected chi connectivity index (χ1v) is 8.19. The lowest BCUT2D eigenvalue weighted by atomic mass is 9.99. The third-order valence-electron chi connectivity index (χ3n) is 4.05. The number of nitrogens with one attached hydrogen (secondary N) is 1. The SMILES string of the molecule is COc1ccc(CC(C)C(=O)N[C@@H](Cc2ccccc2)C(=O)O)cc1. The number of hydrogen-bond donors (Lipinski definition) is 2. The second-order valence-corrected chi connectivity index (χ2v) is 6.04. The Balaban J connectivity index is 1.95. The number of amides is 1. The first-order chi connectivity index (χ1) is 12.0. The van der Waals surface area contributed by atoms with E-state index in [0.29, 0.717) is 6.42 Å². The Morgan fingerprint density at radius 3 is 2.16 bits per heavy atom. The Hall–Kier alpha value is -2.82. The molecule has 0 saturated heterocycles. The van der Waals surface area contributed by atoms with Crippen molar-refractivity contribution in [2.24, 2.45) is 5.92 Å². The van der Waals surface area contributed by atoms with Crippen LogP contribution in [0, 0.1) is 5.92 Å². The van der Waals surface area contributed by atoms with Crippen LogP contribution < -0.4 is 10.1 Å². The molecule has 0 aliphatic carbocycles. The lowest BCUT2D eigenvalue weighted by molar-refractivity contribution is -0.142. The minimum atomic E-state index is -1.03. The third-order valence-corrected chi connectivity index (χ3v) is 4.05. The van der Waals surface area contributed by atoms with Gasteiger partial charge in [-0.05, 0) is 29.7 Å². The van der Waals surface area contributed by atoms with Crippen molar-refractivity contribution in [3.63, 3.8) is 0 Å². The molecule has 1 amide bonds. The number of carbonyl (C=O) groups is 2. The van der Waals surface area contributed by atoms with Gasteiger partial charge in [0, 0.05) is 12.3 Å². The molecule has 0 fully saturated rings. The molecular formula is C20H23NO4. The predicted octanol–water partition coefficient (Wildman–Crippen LogP) is 2.69. The van der Waals surface area contributed by atoms with Gasteiger partial charge in [-0.2, -0.15) is 0 Å². The van der Waals surface area contributed by atoms with Crippen molar-refractivity contribution in [2.75, 3.05) is 7.11 Å². The fourth-order valence-electron chi connectivity index (χ4n) is 2.57. The van der Waals surface area contributed by atoms with Gasteiger partial charge < -0.3 is 15.2 Å². The van der Waals surface area contributed by atoms with E-state index in [1.54, 1.807) is 14.0 Å². The average molecular weight is 341 g/mol. The Labute approximate surface area is 147 Å². The molecule has 1 unspecified atom stereocenters. The normalized spacial score (nSPS) is 12.9. The predicted molar refractivity (Wildman–Crippen MR) is 95.6 cm³/mol. The van der Waals surface area contributed by atoms with Crippen molar-refractivity contribution >= 4 is 11.9 Å². The second kappa shape index (κ2) is 8.87. The summed E-state index contributed by atoms with van der Waals surface area (Å²) >= 11 is 0. The molecule has 2 aromatic rings. The molecule has 2 aromatic carbocycles. The van der Waals surface area contributed by atoms with Gasteiger partial charge in [-0.3, -0.25) is 4.79 Å². The van der Waals surface area contributed by atoms with Crippen LogP contribution in [0.5, 0.6) is 5.75 Å². The summed E-state index contributed by atoms with van der Waals surface area (Å²) in [5, 5.41) is 12.0. The van der Waals surface area contributed by atoms with Crippen LogP contribution in [-0.4, -0.2) is 30.1 Å². The van der Waals surface area contributed by atoms with E-state index in [2.05, 4.69) is 5.32 Å². The number of ether oxygens (including phenoxy) is 1. The molecule has 25 heavy (non-hydrogen) atoms. The van der Waals surface area contributed by atoms with E-state index in [9.17, 15) is 14.7 Å². The van der Waals surface area contributed by atoms with Crippen molar-refractivity contribution in [3.8, 4) is 5.75 Å². The fourth-order valence-corrected chi connectivity index (χ4v) is 2.57. The van der Waals surface area contributed by atoms with Crippen molar-refractivity contribution in [1.82, 2.24) is 5.32 Å². The molecule has 5 nitrogen and oxygen atoms in total. The summed E-state index contributed by atoms with van der Waals surface area (Å²) in [6, 6.07) is 15.8. The van der Waals surface area contributed by atoms with Gasteiger partial charge in [0.25, 0.3) is 0 Å². The number of carbonyl (C=O) groups excluding carboxylic acids is 1. The molecule has 2 rings (SSSR count). The maximum Gasteiger partial charge on any atom is 0.326 e. The lowest BCUT2D eigenvalue weighted by Gasteiger charge is -2.18. The highest BCUT2D eigenvalue weighted by Gasteiger charge is 2.23. The van der Waals surface area contributed by atoms with Crippen molar-refractivity contribution in [1.29, 1.82) is 0 Å².